The maximum absolute atomic E-state index is 9.54. The molecule has 0 amide bonds. The van der Waals surface area contributed by atoms with Crippen molar-refractivity contribution >= 4 is 5.82 Å². The molecule has 0 spiro atoms. The first-order valence-corrected chi connectivity index (χ1v) is 8.57. The number of anilines is 1. The molecule has 1 atom stereocenters. The SMILES string of the molecule is CC(C)c1cc(CO)cc(N2CCCC2C2CCCC2)n1. The Morgan fingerprint density at radius 3 is 2.62 bits per heavy atom. The van der Waals surface area contributed by atoms with Gasteiger partial charge in [0.15, 0.2) is 0 Å². The number of aliphatic hydroxyl groups is 1. The Labute approximate surface area is 128 Å². The molecule has 1 saturated heterocycles. The first-order valence-electron chi connectivity index (χ1n) is 8.57. The van der Waals surface area contributed by atoms with Gasteiger partial charge in [0.2, 0.25) is 0 Å². The number of hydrogen-bond acceptors (Lipinski definition) is 3. The van der Waals surface area contributed by atoms with Gasteiger partial charge < -0.3 is 10.0 Å². The second kappa shape index (κ2) is 6.35. The Hall–Kier alpha value is -1.09. The number of aromatic nitrogens is 1. The summed E-state index contributed by atoms with van der Waals surface area (Å²) in [6.45, 7) is 5.58. The quantitative estimate of drug-likeness (QED) is 0.914. The number of rotatable bonds is 4. The topological polar surface area (TPSA) is 36.4 Å². The third kappa shape index (κ3) is 3.08. The van der Waals surface area contributed by atoms with Crippen LogP contribution in [-0.4, -0.2) is 22.7 Å². The van der Waals surface area contributed by atoms with Crippen molar-refractivity contribution in [2.24, 2.45) is 5.92 Å². The third-order valence-electron chi connectivity index (χ3n) is 5.20. The molecule has 1 aromatic rings. The number of hydrogen-bond donors (Lipinski definition) is 1. The van der Waals surface area contributed by atoms with Gasteiger partial charge in [-0.25, -0.2) is 4.98 Å². The fourth-order valence-electron chi connectivity index (χ4n) is 4.04. The van der Waals surface area contributed by atoms with Crippen LogP contribution < -0.4 is 4.90 Å². The van der Waals surface area contributed by atoms with E-state index in [0.717, 1.165) is 29.5 Å². The van der Waals surface area contributed by atoms with Gasteiger partial charge in [0, 0.05) is 18.3 Å². The van der Waals surface area contributed by atoms with Crippen LogP contribution in [0.5, 0.6) is 0 Å². The summed E-state index contributed by atoms with van der Waals surface area (Å²) < 4.78 is 0. The molecule has 1 N–H and O–H groups in total. The van der Waals surface area contributed by atoms with E-state index in [-0.39, 0.29) is 6.61 Å². The summed E-state index contributed by atoms with van der Waals surface area (Å²) in [5.74, 6) is 2.36. The van der Waals surface area contributed by atoms with Crippen LogP contribution in [0.1, 0.15) is 69.5 Å². The smallest absolute Gasteiger partial charge is 0.129 e. The molecule has 21 heavy (non-hydrogen) atoms. The summed E-state index contributed by atoms with van der Waals surface area (Å²) in [7, 11) is 0. The van der Waals surface area contributed by atoms with Gasteiger partial charge in [-0.2, -0.15) is 0 Å². The van der Waals surface area contributed by atoms with Gasteiger partial charge in [0.25, 0.3) is 0 Å². The Kier molecular flexibility index (Phi) is 4.48. The highest BCUT2D eigenvalue weighted by Gasteiger charge is 2.34. The van der Waals surface area contributed by atoms with Gasteiger partial charge in [-0.1, -0.05) is 26.7 Å². The van der Waals surface area contributed by atoms with Crippen LogP contribution in [-0.2, 0) is 6.61 Å². The van der Waals surface area contributed by atoms with Gasteiger partial charge in [-0.05, 0) is 55.2 Å². The molecule has 3 heteroatoms. The Bertz CT molecular complexity index is 480. The molecule has 1 saturated carbocycles. The molecule has 3 rings (SSSR count). The highest BCUT2D eigenvalue weighted by atomic mass is 16.3. The normalized spacial score (nSPS) is 23.4. The Morgan fingerprint density at radius 1 is 1.19 bits per heavy atom. The average molecular weight is 288 g/mol. The molecular weight excluding hydrogens is 260 g/mol. The van der Waals surface area contributed by atoms with E-state index < -0.39 is 0 Å². The van der Waals surface area contributed by atoms with Crippen LogP contribution in [0.25, 0.3) is 0 Å². The molecule has 2 fully saturated rings. The fourth-order valence-corrected chi connectivity index (χ4v) is 4.04. The minimum absolute atomic E-state index is 0.108. The predicted octanol–water partition coefficient (Wildman–Crippen LogP) is 3.86. The van der Waals surface area contributed by atoms with Crippen molar-refractivity contribution < 1.29 is 5.11 Å². The van der Waals surface area contributed by atoms with Gasteiger partial charge in [-0.15, -0.1) is 0 Å². The van der Waals surface area contributed by atoms with E-state index in [2.05, 4.69) is 30.9 Å². The highest BCUT2D eigenvalue weighted by Crippen LogP contribution is 2.37. The lowest BCUT2D eigenvalue weighted by atomic mass is 9.96. The lowest BCUT2D eigenvalue weighted by Gasteiger charge is -2.31. The lowest BCUT2D eigenvalue weighted by molar-refractivity contribution is 0.281. The van der Waals surface area contributed by atoms with Gasteiger partial charge in [-0.3, -0.25) is 0 Å². The van der Waals surface area contributed by atoms with Crippen molar-refractivity contribution in [1.82, 2.24) is 4.98 Å². The highest BCUT2D eigenvalue weighted by molar-refractivity contribution is 5.45. The molecule has 2 aliphatic rings. The van der Waals surface area contributed by atoms with Gasteiger partial charge in [0.1, 0.15) is 5.82 Å². The largest absolute Gasteiger partial charge is 0.392 e. The average Bonchev–Trinajstić information content (AvgIpc) is 3.16. The molecule has 1 aliphatic heterocycles. The van der Waals surface area contributed by atoms with Crippen LogP contribution in [0.2, 0.25) is 0 Å². The summed E-state index contributed by atoms with van der Waals surface area (Å²) in [6, 6.07) is 4.82. The summed E-state index contributed by atoms with van der Waals surface area (Å²) in [5, 5.41) is 9.54. The zero-order valence-electron chi connectivity index (χ0n) is 13.4. The maximum Gasteiger partial charge on any atom is 0.129 e. The summed E-state index contributed by atoms with van der Waals surface area (Å²) >= 11 is 0. The minimum atomic E-state index is 0.108. The number of nitrogens with zero attached hydrogens (tertiary/aromatic N) is 2. The van der Waals surface area contributed by atoms with Crippen molar-refractivity contribution in [3.63, 3.8) is 0 Å². The molecule has 1 unspecified atom stereocenters. The molecule has 0 aromatic carbocycles. The lowest BCUT2D eigenvalue weighted by Crippen LogP contribution is -2.35. The maximum atomic E-state index is 9.54. The van der Waals surface area contributed by atoms with Crippen molar-refractivity contribution in [3.8, 4) is 0 Å². The summed E-state index contributed by atoms with van der Waals surface area (Å²) in [6.07, 6.45) is 8.17. The molecule has 116 valence electrons. The van der Waals surface area contributed by atoms with E-state index in [1.807, 2.05) is 0 Å². The van der Waals surface area contributed by atoms with E-state index in [1.54, 1.807) is 0 Å². The molecular formula is C18H28N2O. The number of pyridine rings is 1. The van der Waals surface area contributed by atoms with E-state index in [4.69, 9.17) is 4.98 Å². The van der Waals surface area contributed by atoms with Crippen molar-refractivity contribution in [3.05, 3.63) is 23.4 Å². The van der Waals surface area contributed by atoms with Gasteiger partial charge in [0.05, 0.1) is 6.61 Å². The minimum Gasteiger partial charge on any atom is -0.392 e. The van der Waals surface area contributed by atoms with E-state index in [1.165, 1.54) is 38.5 Å². The molecule has 1 aromatic heterocycles. The van der Waals surface area contributed by atoms with Gasteiger partial charge >= 0.3 is 0 Å². The van der Waals surface area contributed by atoms with Crippen molar-refractivity contribution in [2.75, 3.05) is 11.4 Å². The van der Waals surface area contributed by atoms with Crippen molar-refractivity contribution in [2.45, 2.75) is 70.9 Å². The van der Waals surface area contributed by atoms with Crippen LogP contribution in [0.15, 0.2) is 12.1 Å². The molecule has 2 heterocycles. The van der Waals surface area contributed by atoms with Crippen molar-refractivity contribution in [1.29, 1.82) is 0 Å². The monoisotopic (exact) mass is 288 g/mol. The second-order valence-corrected chi connectivity index (χ2v) is 7.02. The van der Waals surface area contributed by atoms with E-state index >= 15 is 0 Å². The van der Waals surface area contributed by atoms with Crippen LogP contribution in [0, 0.1) is 5.92 Å². The zero-order chi connectivity index (χ0) is 14.8. The molecule has 0 bridgehead atoms. The summed E-state index contributed by atoms with van der Waals surface area (Å²) in [5.41, 5.74) is 2.11. The molecule has 3 nitrogen and oxygen atoms in total. The third-order valence-corrected chi connectivity index (χ3v) is 5.20. The van der Waals surface area contributed by atoms with E-state index in [0.29, 0.717) is 12.0 Å². The molecule has 0 radical (unpaired) electrons. The first-order chi connectivity index (χ1) is 10.2. The van der Waals surface area contributed by atoms with E-state index in [9.17, 15) is 5.11 Å². The van der Waals surface area contributed by atoms with Crippen LogP contribution in [0.3, 0.4) is 0 Å². The first kappa shape index (κ1) is 14.8. The van der Waals surface area contributed by atoms with Crippen LogP contribution in [0.4, 0.5) is 5.82 Å². The standard InChI is InChI=1S/C18H28N2O/c1-13(2)16-10-14(12-21)11-18(19-16)20-9-5-8-17(20)15-6-3-4-7-15/h10-11,13,15,17,21H,3-9,12H2,1-2H3. The summed E-state index contributed by atoms with van der Waals surface area (Å²) in [4.78, 5) is 7.43. The predicted molar refractivity (Wildman–Crippen MR) is 86.6 cm³/mol. The number of aliphatic hydroxyl groups excluding tert-OH is 1. The second-order valence-electron chi connectivity index (χ2n) is 7.02. The Balaban J connectivity index is 1.88. The molecule has 1 aliphatic carbocycles. The Morgan fingerprint density at radius 2 is 1.95 bits per heavy atom. The zero-order valence-corrected chi connectivity index (χ0v) is 13.4. The fraction of sp³-hybridized carbons (Fsp3) is 0.722. The van der Waals surface area contributed by atoms with Crippen LogP contribution >= 0.6 is 0 Å².